The summed E-state index contributed by atoms with van der Waals surface area (Å²) in [4.78, 5) is 5.32. The van der Waals surface area contributed by atoms with Crippen LogP contribution in [0.2, 0.25) is 0 Å². The Morgan fingerprint density at radius 2 is 2.38 bits per heavy atom. The van der Waals surface area contributed by atoms with E-state index in [2.05, 4.69) is 15.2 Å². The van der Waals surface area contributed by atoms with Gasteiger partial charge in [-0.05, 0) is 19.0 Å². The second-order valence-electron chi connectivity index (χ2n) is 2.72. The maximum atomic E-state index is 5.42. The quantitative estimate of drug-likeness (QED) is 0.791. The highest BCUT2D eigenvalue weighted by atomic mass is 32.1. The Morgan fingerprint density at radius 1 is 1.46 bits per heavy atom. The number of aromatic nitrogens is 3. The lowest BCUT2D eigenvalue weighted by Gasteiger charge is -1.89. The van der Waals surface area contributed by atoms with E-state index in [1.165, 1.54) is 0 Å². The molecule has 5 heteroatoms. The molecule has 0 amide bonds. The van der Waals surface area contributed by atoms with E-state index in [1.54, 1.807) is 17.5 Å². The maximum Gasteiger partial charge on any atom is 0.166 e. The van der Waals surface area contributed by atoms with Crippen molar-refractivity contribution in [3.8, 4) is 0 Å². The summed E-state index contributed by atoms with van der Waals surface area (Å²) in [5.41, 5.74) is 6.36. The first-order valence-corrected chi connectivity index (χ1v) is 4.99. The van der Waals surface area contributed by atoms with Crippen molar-refractivity contribution in [2.45, 2.75) is 12.8 Å². The molecule has 0 saturated carbocycles. The standard InChI is InChI=1S/C8H10N4S/c9-4-1-2-7-11-6-3-5-10-12-8(6)13-7/h3,5H,1-2,4,9H2. The normalized spacial score (nSPS) is 10.8. The lowest BCUT2D eigenvalue weighted by molar-refractivity contribution is 0.828. The van der Waals surface area contributed by atoms with Crippen LogP contribution in [0, 0.1) is 0 Å². The highest BCUT2D eigenvalue weighted by Gasteiger charge is 2.03. The van der Waals surface area contributed by atoms with Crippen molar-refractivity contribution in [1.82, 2.24) is 15.2 Å². The van der Waals surface area contributed by atoms with Gasteiger partial charge in [0.05, 0.1) is 11.2 Å². The number of fused-ring (bicyclic) bond motifs is 1. The molecule has 0 unspecified atom stereocenters. The summed E-state index contributed by atoms with van der Waals surface area (Å²) in [6.07, 6.45) is 3.58. The predicted molar refractivity (Wildman–Crippen MR) is 52.6 cm³/mol. The van der Waals surface area contributed by atoms with Gasteiger partial charge in [-0.25, -0.2) is 4.98 Å². The van der Waals surface area contributed by atoms with Crippen LogP contribution in [0.4, 0.5) is 0 Å². The van der Waals surface area contributed by atoms with Gasteiger partial charge in [0, 0.05) is 6.42 Å². The zero-order valence-corrected chi connectivity index (χ0v) is 7.92. The summed E-state index contributed by atoms with van der Waals surface area (Å²) in [7, 11) is 0. The average molecular weight is 194 g/mol. The summed E-state index contributed by atoms with van der Waals surface area (Å²) >= 11 is 1.60. The van der Waals surface area contributed by atoms with E-state index in [0.29, 0.717) is 6.54 Å². The molecule has 2 rings (SSSR count). The van der Waals surface area contributed by atoms with Gasteiger partial charge in [-0.1, -0.05) is 11.3 Å². The fourth-order valence-corrected chi connectivity index (χ4v) is 2.02. The fourth-order valence-electron chi connectivity index (χ4n) is 1.10. The van der Waals surface area contributed by atoms with Crippen LogP contribution < -0.4 is 5.73 Å². The van der Waals surface area contributed by atoms with E-state index in [-0.39, 0.29) is 0 Å². The predicted octanol–water partition coefficient (Wildman–Crippen LogP) is 0.978. The van der Waals surface area contributed by atoms with E-state index in [4.69, 9.17) is 5.73 Å². The van der Waals surface area contributed by atoms with Gasteiger partial charge in [0.2, 0.25) is 0 Å². The Morgan fingerprint density at radius 3 is 3.15 bits per heavy atom. The van der Waals surface area contributed by atoms with Crippen LogP contribution >= 0.6 is 11.3 Å². The Kier molecular flexibility index (Phi) is 2.47. The monoisotopic (exact) mass is 194 g/mol. The summed E-state index contributed by atoms with van der Waals surface area (Å²) in [6.45, 7) is 0.710. The summed E-state index contributed by atoms with van der Waals surface area (Å²) in [6, 6.07) is 1.88. The molecule has 0 aliphatic heterocycles. The molecule has 0 aromatic carbocycles. The van der Waals surface area contributed by atoms with E-state index >= 15 is 0 Å². The molecule has 4 nitrogen and oxygen atoms in total. The Labute approximate surface area is 79.8 Å². The molecule has 2 aromatic rings. The second kappa shape index (κ2) is 3.76. The highest BCUT2D eigenvalue weighted by Crippen LogP contribution is 2.19. The number of nitrogens with two attached hydrogens (primary N) is 1. The molecule has 0 spiro atoms. The molecule has 0 aliphatic rings. The number of aryl methyl sites for hydroxylation is 1. The first-order valence-electron chi connectivity index (χ1n) is 4.17. The van der Waals surface area contributed by atoms with Gasteiger partial charge in [-0.15, -0.1) is 5.10 Å². The lowest BCUT2D eigenvalue weighted by Crippen LogP contribution is -1.99. The lowest BCUT2D eigenvalue weighted by atomic mass is 10.3. The van der Waals surface area contributed by atoms with Crippen molar-refractivity contribution in [3.05, 3.63) is 17.3 Å². The van der Waals surface area contributed by atoms with Crippen LogP contribution in [-0.4, -0.2) is 21.7 Å². The molecule has 0 radical (unpaired) electrons. The number of rotatable bonds is 3. The second-order valence-corrected chi connectivity index (χ2v) is 3.78. The highest BCUT2D eigenvalue weighted by molar-refractivity contribution is 7.18. The van der Waals surface area contributed by atoms with Crippen LogP contribution in [0.15, 0.2) is 12.3 Å². The molecule has 2 heterocycles. The Hall–Kier alpha value is -1.07. The van der Waals surface area contributed by atoms with Gasteiger partial charge in [-0.2, -0.15) is 5.10 Å². The van der Waals surface area contributed by atoms with Crippen molar-refractivity contribution < 1.29 is 0 Å². The van der Waals surface area contributed by atoms with Gasteiger partial charge in [-0.3, -0.25) is 0 Å². The largest absolute Gasteiger partial charge is 0.330 e. The van der Waals surface area contributed by atoms with E-state index in [9.17, 15) is 0 Å². The van der Waals surface area contributed by atoms with Crippen LogP contribution in [0.3, 0.4) is 0 Å². The maximum absolute atomic E-state index is 5.42. The third-order valence-electron chi connectivity index (χ3n) is 1.72. The third-order valence-corrected chi connectivity index (χ3v) is 2.74. The minimum absolute atomic E-state index is 0.710. The minimum atomic E-state index is 0.710. The molecule has 0 aliphatic carbocycles. The molecule has 0 saturated heterocycles. The van der Waals surface area contributed by atoms with Crippen LogP contribution in [0.5, 0.6) is 0 Å². The van der Waals surface area contributed by atoms with Gasteiger partial charge in [0.25, 0.3) is 0 Å². The summed E-state index contributed by atoms with van der Waals surface area (Å²) in [5, 5.41) is 8.89. The smallest absolute Gasteiger partial charge is 0.166 e. The molecule has 68 valence electrons. The molecule has 0 bridgehead atoms. The first-order chi connectivity index (χ1) is 6.40. The van der Waals surface area contributed by atoms with Crippen LogP contribution in [0.1, 0.15) is 11.4 Å². The SMILES string of the molecule is NCCCc1nc2ccnnc2s1. The molecule has 2 N–H and O–H groups in total. The van der Waals surface area contributed by atoms with Crippen molar-refractivity contribution >= 4 is 21.7 Å². The van der Waals surface area contributed by atoms with Gasteiger partial charge >= 0.3 is 0 Å². The van der Waals surface area contributed by atoms with Crippen molar-refractivity contribution in [3.63, 3.8) is 0 Å². The number of thiazole rings is 1. The minimum Gasteiger partial charge on any atom is -0.330 e. The average Bonchev–Trinajstić information content (AvgIpc) is 2.57. The van der Waals surface area contributed by atoms with Crippen molar-refractivity contribution in [1.29, 1.82) is 0 Å². The number of nitrogens with zero attached hydrogens (tertiary/aromatic N) is 3. The molecule has 2 aromatic heterocycles. The topological polar surface area (TPSA) is 64.7 Å². The van der Waals surface area contributed by atoms with Crippen molar-refractivity contribution in [2.75, 3.05) is 6.54 Å². The van der Waals surface area contributed by atoms with Gasteiger partial charge < -0.3 is 5.73 Å². The summed E-state index contributed by atoms with van der Waals surface area (Å²) in [5.74, 6) is 0. The first kappa shape index (κ1) is 8.52. The molecule has 0 atom stereocenters. The van der Waals surface area contributed by atoms with Crippen molar-refractivity contribution in [2.24, 2.45) is 5.73 Å². The molecular formula is C8H10N4S. The zero-order chi connectivity index (χ0) is 9.10. The van der Waals surface area contributed by atoms with Gasteiger partial charge in [0.1, 0.15) is 5.52 Å². The van der Waals surface area contributed by atoms with Gasteiger partial charge in [0.15, 0.2) is 4.83 Å². The third kappa shape index (κ3) is 1.81. The molecule has 13 heavy (non-hydrogen) atoms. The Balaban J connectivity index is 2.28. The van der Waals surface area contributed by atoms with Crippen LogP contribution in [-0.2, 0) is 6.42 Å². The fraction of sp³-hybridized carbons (Fsp3) is 0.375. The zero-order valence-electron chi connectivity index (χ0n) is 7.10. The summed E-state index contributed by atoms with van der Waals surface area (Å²) < 4.78 is 0. The van der Waals surface area contributed by atoms with Crippen LogP contribution in [0.25, 0.3) is 10.3 Å². The number of hydrogen-bond donors (Lipinski definition) is 1. The molecular weight excluding hydrogens is 184 g/mol. The number of hydrogen-bond acceptors (Lipinski definition) is 5. The van der Waals surface area contributed by atoms with E-state index < -0.39 is 0 Å². The van der Waals surface area contributed by atoms with E-state index in [1.807, 2.05) is 6.07 Å². The molecule has 0 fully saturated rings. The van der Waals surface area contributed by atoms with E-state index in [0.717, 1.165) is 28.2 Å². The Bertz CT molecular complexity index is 365.